The van der Waals surface area contributed by atoms with Crippen LogP contribution in [0.15, 0.2) is 78.0 Å². The number of anilines is 1. The van der Waals surface area contributed by atoms with E-state index in [1.54, 1.807) is 59.9 Å². The van der Waals surface area contributed by atoms with Gasteiger partial charge in [0, 0.05) is 55.2 Å². The van der Waals surface area contributed by atoms with Gasteiger partial charge in [0.2, 0.25) is 0 Å². The third-order valence-electron chi connectivity index (χ3n) is 8.67. The van der Waals surface area contributed by atoms with Crippen LogP contribution in [0.3, 0.4) is 0 Å². The number of alkyl carbamates (subject to hydrolysis) is 1. The summed E-state index contributed by atoms with van der Waals surface area (Å²) in [5.41, 5.74) is 3.06. The minimum atomic E-state index is -4.67. The Hall–Kier alpha value is -5.73. The van der Waals surface area contributed by atoms with Crippen LogP contribution in [0.4, 0.5) is 28.4 Å². The molecule has 6 rings (SSSR count). The second-order valence-electron chi connectivity index (χ2n) is 14.0. The number of carbonyl (C=O) groups excluding carboxylic acids is 2. The average molecular weight is 731 g/mol. The van der Waals surface area contributed by atoms with Gasteiger partial charge in [-0.05, 0) is 86.7 Å². The molecular formula is C38H41F3N8O4. The lowest BCUT2D eigenvalue weighted by Crippen LogP contribution is -2.32. The summed E-state index contributed by atoms with van der Waals surface area (Å²) < 4.78 is 48.3. The Kier molecular flexibility index (Phi) is 10.8. The normalized spacial score (nSPS) is 12.9. The zero-order valence-corrected chi connectivity index (χ0v) is 29.7. The maximum absolute atomic E-state index is 13.6. The molecule has 0 radical (unpaired) electrons. The molecule has 4 heterocycles. The van der Waals surface area contributed by atoms with Crippen molar-refractivity contribution in [3.05, 3.63) is 94.7 Å². The van der Waals surface area contributed by atoms with Gasteiger partial charge in [-0.25, -0.2) is 14.3 Å². The molecule has 3 aromatic heterocycles. The summed E-state index contributed by atoms with van der Waals surface area (Å²) in [6.45, 7) is 5.97. The quantitative estimate of drug-likeness (QED) is 0.134. The van der Waals surface area contributed by atoms with Gasteiger partial charge in [0.1, 0.15) is 12.1 Å². The van der Waals surface area contributed by atoms with Gasteiger partial charge in [0.15, 0.2) is 0 Å². The van der Waals surface area contributed by atoms with Gasteiger partial charge in [0.25, 0.3) is 5.56 Å². The highest BCUT2D eigenvalue weighted by atomic mass is 19.4. The summed E-state index contributed by atoms with van der Waals surface area (Å²) in [5, 5.41) is 14.9. The van der Waals surface area contributed by atoms with E-state index in [1.165, 1.54) is 6.07 Å². The van der Waals surface area contributed by atoms with Crippen LogP contribution in [0.25, 0.3) is 33.3 Å². The van der Waals surface area contributed by atoms with Gasteiger partial charge in [-0.1, -0.05) is 31.0 Å². The van der Waals surface area contributed by atoms with E-state index < -0.39 is 30.0 Å². The lowest BCUT2D eigenvalue weighted by molar-refractivity contribution is -0.143. The number of urea groups is 1. The monoisotopic (exact) mass is 730 g/mol. The molecule has 0 saturated heterocycles. The maximum atomic E-state index is 13.6. The number of unbranched alkanes of at least 4 members (excludes halogenated alkanes) is 3. The van der Waals surface area contributed by atoms with Crippen molar-refractivity contribution in [3.63, 3.8) is 0 Å². The number of carbonyl (C=O) groups is 2. The number of amides is 3. The first kappa shape index (κ1) is 37.0. The molecule has 0 aliphatic carbocycles. The molecule has 0 bridgehead atoms. The molecule has 278 valence electrons. The third kappa shape index (κ3) is 9.58. The predicted molar refractivity (Wildman–Crippen MR) is 194 cm³/mol. The Labute approximate surface area is 304 Å². The number of halogens is 3. The number of ether oxygens (including phenoxy) is 1. The highest BCUT2D eigenvalue weighted by Gasteiger charge is 2.30. The fraction of sp³-hybridized carbons (Fsp3) is 0.368. The molecule has 0 saturated carbocycles. The van der Waals surface area contributed by atoms with E-state index in [-0.39, 0.29) is 17.3 Å². The van der Waals surface area contributed by atoms with Crippen molar-refractivity contribution in [1.29, 1.82) is 0 Å². The van der Waals surface area contributed by atoms with Gasteiger partial charge in [-0.2, -0.15) is 23.4 Å². The van der Waals surface area contributed by atoms with E-state index in [1.807, 2.05) is 37.6 Å². The SMILES string of the molecule is CC(C)(C)OC(=O)NCCCCCCn1ncc2cc(-c3cc(-c4ccc(NC(=O)N5Cc6ccncc6C5)cc4)nn(CC(F)(F)F)c3=O)ccc21. The molecule has 12 nitrogen and oxygen atoms in total. The molecule has 0 fully saturated rings. The number of benzene rings is 2. The Morgan fingerprint density at radius 2 is 1.60 bits per heavy atom. The largest absolute Gasteiger partial charge is 0.444 e. The Balaban J connectivity index is 1.13. The van der Waals surface area contributed by atoms with Crippen LogP contribution >= 0.6 is 0 Å². The van der Waals surface area contributed by atoms with Crippen LogP contribution in [0, 0.1) is 0 Å². The first-order valence-electron chi connectivity index (χ1n) is 17.4. The summed E-state index contributed by atoms with van der Waals surface area (Å²) >= 11 is 0. The van der Waals surface area contributed by atoms with E-state index in [9.17, 15) is 27.6 Å². The van der Waals surface area contributed by atoms with Crippen molar-refractivity contribution in [2.75, 3.05) is 11.9 Å². The number of hydrogen-bond donors (Lipinski definition) is 2. The number of aryl methyl sites for hydroxylation is 1. The second-order valence-corrected chi connectivity index (χ2v) is 14.0. The van der Waals surface area contributed by atoms with Crippen LogP contribution in [0.1, 0.15) is 57.6 Å². The number of nitrogens with one attached hydrogen (secondary N) is 2. The summed E-state index contributed by atoms with van der Waals surface area (Å²) in [6.07, 6.45) is 3.50. The van der Waals surface area contributed by atoms with E-state index in [2.05, 4.69) is 25.8 Å². The van der Waals surface area contributed by atoms with Gasteiger partial charge in [-0.3, -0.25) is 14.5 Å². The Bertz CT molecular complexity index is 2130. The molecule has 0 atom stereocenters. The van der Waals surface area contributed by atoms with E-state index in [0.717, 1.165) is 47.7 Å². The summed E-state index contributed by atoms with van der Waals surface area (Å²) in [7, 11) is 0. The number of pyridine rings is 1. The van der Waals surface area contributed by atoms with E-state index in [0.29, 0.717) is 47.7 Å². The fourth-order valence-corrected chi connectivity index (χ4v) is 6.13. The summed E-state index contributed by atoms with van der Waals surface area (Å²) in [6, 6.07) is 14.9. The molecule has 1 aliphatic heterocycles. The van der Waals surface area contributed by atoms with E-state index >= 15 is 0 Å². The predicted octanol–water partition coefficient (Wildman–Crippen LogP) is 7.52. The second kappa shape index (κ2) is 15.5. The molecule has 53 heavy (non-hydrogen) atoms. The minimum absolute atomic E-state index is 0.0642. The average Bonchev–Trinajstić information content (AvgIpc) is 3.72. The van der Waals surface area contributed by atoms with Crippen LogP contribution in [0.5, 0.6) is 0 Å². The minimum Gasteiger partial charge on any atom is -0.444 e. The van der Waals surface area contributed by atoms with Crippen LogP contribution < -0.4 is 16.2 Å². The molecule has 15 heteroatoms. The molecular weight excluding hydrogens is 689 g/mol. The van der Waals surface area contributed by atoms with Gasteiger partial charge in [-0.15, -0.1) is 0 Å². The summed E-state index contributed by atoms with van der Waals surface area (Å²) in [5.74, 6) is 0. The Morgan fingerprint density at radius 1 is 0.868 bits per heavy atom. The van der Waals surface area contributed by atoms with Crippen molar-refractivity contribution < 1.29 is 27.5 Å². The standard InChI is InChI=1S/C38H41F3N8O4/c1-37(2,3)53-36(52)43-15-6-4-5-7-17-48-33-13-10-26(18-28(33)21-44-48)31-19-32(46-49(34(31)50)24-38(39,40)41)25-8-11-30(12-9-25)45-35(51)47-22-27-14-16-42-20-29(27)23-47/h8-14,16,18-21H,4-7,15,17,22-24H2,1-3H3,(H,43,52)(H,45,51). The first-order chi connectivity index (χ1) is 25.2. The number of hydrogen-bond acceptors (Lipinski definition) is 7. The Morgan fingerprint density at radius 3 is 2.34 bits per heavy atom. The summed E-state index contributed by atoms with van der Waals surface area (Å²) in [4.78, 5) is 43.9. The highest BCUT2D eigenvalue weighted by Crippen LogP contribution is 2.28. The van der Waals surface area contributed by atoms with E-state index in [4.69, 9.17) is 4.74 Å². The van der Waals surface area contributed by atoms with Crippen LogP contribution in [-0.4, -0.2) is 59.9 Å². The van der Waals surface area contributed by atoms with Crippen molar-refractivity contribution in [3.8, 4) is 22.4 Å². The van der Waals surface area contributed by atoms with Gasteiger partial charge < -0.3 is 20.3 Å². The molecule has 2 N–H and O–H groups in total. The van der Waals surface area contributed by atoms with Crippen LogP contribution in [-0.2, 0) is 30.9 Å². The number of alkyl halides is 3. The van der Waals surface area contributed by atoms with Crippen LogP contribution in [0.2, 0.25) is 0 Å². The van der Waals surface area contributed by atoms with Crippen molar-refractivity contribution >= 4 is 28.7 Å². The lowest BCUT2D eigenvalue weighted by atomic mass is 10.0. The zero-order chi connectivity index (χ0) is 37.8. The molecule has 0 spiro atoms. The topological polar surface area (TPSA) is 136 Å². The molecule has 0 unspecified atom stereocenters. The third-order valence-corrected chi connectivity index (χ3v) is 8.67. The maximum Gasteiger partial charge on any atom is 0.408 e. The number of aromatic nitrogens is 5. The first-order valence-corrected chi connectivity index (χ1v) is 17.4. The number of nitrogens with zero attached hydrogens (tertiary/aromatic N) is 6. The number of rotatable bonds is 11. The lowest BCUT2D eigenvalue weighted by Gasteiger charge is -2.19. The smallest absolute Gasteiger partial charge is 0.408 e. The van der Waals surface area contributed by atoms with Crippen molar-refractivity contribution in [2.45, 2.75) is 84.4 Å². The molecule has 2 aromatic carbocycles. The molecule has 5 aromatic rings. The number of fused-ring (bicyclic) bond motifs is 2. The van der Waals surface area contributed by atoms with Crippen molar-refractivity contribution in [2.24, 2.45) is 0 Å². The zero-order valence-electron chi connectivity index (χ0n) is 29.7. The van der Waals surface area contributed by atoms with Gasteiger partial charge >= 0.3 is 18.3 Å². The fourth-order valence-electron chi connectivity index (χ4n) is 6.13. The molecule has 3 amide bonds. The van der Waals surface area contributed by atoms with Crippen molar-refractivity contribution in [1.82, 2.24) is 34.8 Å². The molecule has 1 aliphatic rings. The van der Waals surface area contributed by atoms with Gasteiger partial charge in [0.05, 0.1) is 23.0 Å². The highest BCUT2D eigenvalue weighted by molar-refractivity contribution is 5.90.